The summed E-state index contributed by atoms with van der Waals surface area (Å²) in [7, 11) is 1.74. The molecule has 15 heavy (non-hydrogen) atoms. The molecule has 1 aromatic heterocycles. The van der Waals surface area contributed by atoms with Gasteiger partial charge in [0.2, 0.25) is 0 Å². The summed E-state index contributed by atoms with van der Waals surface area (Å²) < 4.78 is 0. The fourth-order valence-corrected chi connectivity index (χ4v) is 1.96. The Morgan fingerprint density at radius 3 is 2.87 bits per heavy atom. The number of aliphatic hydroxyl groups excluding tert-OH is 1. The van der Waals surface area contributed by atoms with Crippen molar-refractivity contribution in [1.29, 1.82) is 0 Å². The Bertz CT molecular complexity index is 336. The lowest BCUT2D eigenvalue weighted by Gasteiger charge is -2.17. The first-order chi connectivity index (χ1) is 7.02. The van der Waals surface area contributed by atoms with E-state index in [1.165, 1.54) is 11.3 Å². The van der Waals surface area contributed by atoms with Gasteiger partial charge in [0.1, 0.15) is 4.88 Å². The van der Waals surface area contributed by atoms with Gasteiger partial charge in [-0.05, 0) is 20.3 Å². The maximum Gasteiger partial charge on any atom is 0.265 e. The van der Waals surface area contributed by atoms with Crippen LogP contribution in [0.3, 0.4) is 0 Å². The first kappa shape index (κ1) is 12.1. The lowest BCUT2D eigenvalue weighted by molar-refractivity contribution is 0.0773. The highest BCUT2D eigenvalue weighted by Gasteiger charge is 2.16. The molecule has 0 aliphatic rings. The van der Waals surface area contributed by atoms with Crippen molar-refractivity contribution in [2.45, 2.75) is 26.4 Å². The fourth-order valence-electron chi connectivity index (χ4n) is 1.16. The highest BCUT2D eigenvalue weighted by atomic mass is 32.1. The number of aliphatic hydroxyl groups is 1. The molecule has 0 aromatic carbocycles. The van der Waals surface area contributed by atoms with Crippen LogP contribution in [0, 0.1) is 6.92 Å². The summed E-state index contributed by atoms with van der Waals surface area (Å²) in [5.41, 5.74) is 2.44. The van der Waals surface area contributed by atoms with Crippen molar-refractivity contribution < 1.29 is 9.90 Å². The van der Waals surface area contributed by atoms with Crippen molar-refractivity contribution in [2.75, 3.05) is 13.6 Å². The van der Waals surface area contributed by atoms with E-state index in [0.29, 0.717) is 17.8 Å². The van der Waals surface area contributed by atoms with E-state index in [2.05, 4.69) is 4.98 Å². The quantitative estimate of drug-likeness (QED) is 0.845. The van der Waals surface area contributed by atoms with Crippen LogP contribution in [-0.4, -0.2) is 40.6 Å². The van der Waals surface area contributed by atoms with Gasteiger partial charge in [0.25, 0.3) is 5.91 Å². The zero-order chi connectivity index (χ0) is 11.4. The summed E-state index contributed by atoms with van der Waals surface area (Å²) in [4.78, 5) is 18.2. The molecule has 0 aliphatic carbocycles. The van der Waals surface area contributed by atoms with Gasteiger partial charge in [0.05, 0.1) is 17.3 Å². The number of hydrogen-bond acceptors (Lipinski definition) is 4. The number of hydrogen-bond donors (Lipinski definition) is 1. The Morgan fingerprint density at radius 2 is 2.40 bits per heavy atom. The summed E-state index contributed by atoms with van der Waals surface area (Å²) in [6.07, 6.45) is 0.225. The number of carbonyl (C=O) groups excluding carboxylic acids is 1. The first-order valence-electron chi connectivity index (χ1n) is 4.86. The minimum atomic E-state index is -0.372. The number of aromatic nitrogens is 1. The standard InChI is InChI=1S/C10H16N2O2S/c1-7(13)4-5-12(3)10(14)9-8(2)11-6-15-9/h6-7,13H,4-5H2,1-3H3. The number of amides is 1. The molecule has 1 aromatic rings. The van der Waals surface area contributed by atoms with E-state index in [0.717, 1.165) is 5.69 Å². The lowest BCUT2D eigenvalue weighted by atomic mass is 10.2. The third kappa shape index (κ3) is 3.28. The minimum absolute atomic E-state index is 0.0179. The molecule has 5 heteroatoms. The van der Waals surface area contributed by atoms with E-state index in [1.807, 2.05) is 6.92 Å². The van der Waals surface area contributed by atoms with E-state index < -0.39 is 0 Å². The lowest BCUT2D eigenvalue weighted by Crippen LogP contribution is -2.29. The second-order valence-corrected chi connectivity index (χ2v) is 4.49. The summed E-state index contributed by atoms with van der Waals surface area (Å²) >= 11 is 1.36. The van der Waals surface area contributed by atoms with Crippen LogP contribution in [-0.2, 0) is 0 Å². The normalized spacial score (nSPS) is 12.5. The molecule has 1 unspecified atom stereocenters. The molecule has 0 bridgehead atoms. The van der Waals surface area contributed by atoms with Gasteiger partial charge >= 0.3 is 0 Å². The SMILES string of the molecule is Cc1ncsc1C(=O)N(C)CCC(C)O. The molecule has 0 saturated carbocycles. The molecule has 1 amide bonds. The van der Waals surface area contributed by atoms with Gasteiger partial charge in [-0.15, -0.1) is 11.3 Å². The molecule has 1 heterocycles. The number of carbonyl (C=O) groups is 1. The second-order valence-electron chi connectivity index (χ2n) is 3.63. The Balaban J connectivity index is 2.57. The monoisotopic (exact) mass is 228 g/mol. The van der Waals surface area contributed by atoms with E-state index in [9.17, 15) is 4.79 Å². The predicted molar refractivity (Wildman–Crippen MR) is 60.1 cm³/mol. The molecule has 0 fully saturated rings. The van der Waals surface area contributed by atoms with Gasteiger partial charge in [-0.1, -0.05) is 0 Å². The Labute approximate surface area is 93.6 Å². The average Bonchev–Trinajstić information content (AvgIpc) is 2.59. The second kappa shape index (κ2) is 5.23. The van der Waals surface area contributed by atoms with Crippen LogP contribution in [0.4, 0.5) is 0 Å². The molecule has 0 aliphatic heterocycles. The van der Waals surface area contributed by atoms with Crippen molar-refractivity contribution >= 4 is 17.2 Å². The highest BCUT2D eigenvalue weighted by molar-refractivity contribution is 7.11. The zero-order valence-electron chi connectivity index (χ0n) is 9.23. The topological polar surface area (TPSA) is 53.4 Å². The van der Waals surface area contributed by atoms with Crippen molar-refractivity contribution in [1.82, 2.24) is 9.88 Å². The van der Waals surface area contributed by atoms with Crippen molar-refractivity contribution in [3.05, 3.63) is 16.1 Å². The maximum absolute atomic E-state index is 11.9. The van der Waals surface area contributed by atoms with Crippen molar-refractivity contribution in [3.8, 4) is 0 Å². The molecule has 84 valence electrons. The molecule has 1 atom stereocenters. The molecule has 1 N–H and O–H groups in total. The van der Waals surface area contributed by atoms with Crippen LogP contribution in [0.5, 0.6) is 0 Å². The van der Waals surface area contributed by atoms with E-state index in [4.69, 9.17) is 5.11 Å². The van der Waals surface area contributed by atoms with Crippen LogP contribution in [0.2, 0.25) is 0 Å². The van der Waals surface area contributed by atoms with Gasteiger partial charge in [0.15, 0.2) is 0 Å². The Kier molecular flexibility index (Phi) is 4.23. The van der Waals surface area contributed by atoms with Crippen molar-refractivity contribution in [2.24, 2.45) is 0 Å². The van der Waals surface area contributed by atoms with Gasteiger partial charge in [0, 0.05) is 13.6 Å². The summed E-state index contributed by atoms with van der Waals surface area (Å²) in [6.45, 7) is 4.11. The molecule has 0 radical (unpaired) electrons. The van der Waals surface area contributed by atoms with Crippen LogP contribution in [0.15, 0.2) is 5.51 Å². The fraction of sp³-hybridized carbons (Fsp3) is 0.600. The van der Waals surface area contributed by atoms with E-state index in [1.54, 1.807) is 24.4 Å². The number of nitrogens with zero attached hydrogens (tertiary/aromatic N) is 2. The third-order valence-corrected chi connectivity index (χ3v) is 3.09. The van der Waals surface area contributed by atoms with E-state index in [-0.39, 0.29) is 12.0 Å². The molecule has 0 spiro atoms. The minimum Gasteiger partial charge on any atom is -0.393 e. The van der Waals surface area contributed by atoms with E-state index >= 15 is 0 Å². The molecule has 4 nitrogen and oxygen atoms in total. The Hall–Kier alpha value is -0.940. The number of aryl methyl sites for hydroxylation is 1. The summed E-state index contributed by atoms with van der Waals surface area (Å²) in [5, 5.41) is 9.12. The van der Waals surface area contributed by atoms with Crippen molar-refractivity contribution in [3.63, 3.8) is 0 Å². The van der Waals surface area contributed by atoms with Gasteiger partial charge in [-0.2, -0.15) is 0 Å². The Morgan fingerprint density at radius 1 is 1.73 bits per heavy atom. The van der Waals surface area contributed by atoms with Crippen LogP contribution in [0.25, 0.3) is 0 Å². The van der Waals surface area contributed by atoms with Gasteiger partial charge < -0.3 is 10.0 Å². The van der Waals surface area contributed by atoms with Crippen LogP contribution in [0.1, 0.15) is 28.7 Å². The highest BCUT2D eigenvalue weighted by Crippen LogP contribution is 2.14. The number of rotatable bonds is 4. The van der Waals surface area contributed by atoms with Crippen LogP contribution >= 0.6 is 11.3 Å². The number of thiazole rings is 1. The summed E-state index contributed by atoms with van der Waals surface area (Å²) in [6, 6.07) is 0. The zero-order valence-corrected chi connectivity index (χ0v) is 10.0. The van der Waals surface area contributed by atoms with Gasteiger partial charge in [-0.3, -0.25) is 4.79 Å². The maximum atomic E-state index is 11.9. The molecular weight excluding hydrogens is 212 g/mol. The smallest absolute Gasteiger partial charge is 0.265 e. The molecule has 0 saturated heterocycles. The van der Waals surface area contributed by atoms with Gasteiger partial charge in [-0.25, -0.2) is 4.98 Å². The third-order valence-electron chi connectivity index (χ3n) is 2.17. The molecule has 1 rings (SSSR count). The average molecular weight is 228 g/mol. The summed E-state index contributed by atoms with van der Waals surface area (Å²) in [5.74, 6) is -0.0179. The first-order valence-corrected chi connectivity index (χ1v) is 5.74. The predicted octanol–water partition coefficient (Wildman–Crippen LogP) is 1.29. The van der Waals surface area contributed by atoms with Crippen LogP contribution < -0.4 is 0 Å². The largest absolute Gasteiger partial charge is 0.393 e. The molecular formula is C10H16N2O2S.